The third-order valence-electron chi connectivity index (χ3n) is 4.81. The van der Waals surface area contributed by atoms with Gasteiger partial charge in [0.15, 0.2) is 0 Å². The summed E-state index contributed by atoms with van der Waals surface area (Å²) in [6.45, 7) is 5.35. The molecule has 3 rings (SSSR count). The van der Waals surface area contributed by atoms with Gasteiger partial charge in [-0.2, -0.15) is 0 Å². The predicted octanol–water partition coefficient (Wildman–Crippen LogP) is 5.17. The minimum Gasteiger partial charge on any atom is -0.318 e. The number of nitrogens with one attached hydrogen (secondary N) is 1. The van der Waals surface area contributed by atoms with Crippen LogP contribution in [0.15, 0.2) is 30.3 Å². The molecule has 1 N–H and O–H groups in total. The van der Waals surface area contributed by atoms with E-state index in [2.05, 4.69) is 41.9 Å². The second-order valence-electron chi connectivity index (χ2n) is 6.42. The lowest BCUT2D eigenvalue weighted by Crippen LogP contribution is -2.30. The molecule has 1 aliphatic rings. The molecule has 1 aromatic heterocycles. The first kappa shape index (κ1) is 15.6. The fourth-order valence-corrected chi connectivity index (χ4v) is 3.68. The van der Waals surface area contributed by atoms with Crippen LogP contribution in [0.5, 0.6) is 0 Å². The van der Waals surface area contributed by atoms with E-state index in [9.17, 15) is 0 Å². The molecule has 0 spiro atoms. The van der Waals surface area contributed by atoms with Gasteiger partial charge < -0.3 is 9.88 Å². The number of aromatic nitrogens is 1. The lowest BCUT2D eigenvalue weighted by atomic mass is 9.95. The van der Waals surface area contributed by atoms with Gasteiger partial charge in [0.05, 0.1) is 0 Å². The molecular formula is C19H25ClN2. The first-order chi connectivity index (χ1) is 10.6. The number of hydrogen-bond acceptors (Lipinski definition) is 1. The summed E-state index contributed by atoms with van der Waals surface area (Å²) in [4.78, 5) is 0. The maximum atomic E-state index is 6.00. The highest BCUT2D eigenvalue weighted by atomic mass is 35.5. The SMILES string of the molecule is Cc1cc(CNC2CCCCC2)c(C)n1-c1ccc(Cl)cc1. The second-order valence-corrected chi connectivity index (χ2v) is 6.86. The third kappa shape index (κ3) is 3.39. The standard InChI is InChI=1S/C19H25ClN2/c1-14-12-16(13-21-18-6-4-3-5-7-18)15(2)22(14)19-10-8-17(20)9-11-19/h8-12,18,21H,3-7,13H2,1-2H3. The fraction of sp³-hybridized carbons (Fsp3) is 0.474. The topological polar surface area (TPSA) is 17.0 Å². The van der Waals surface area contributed by atoms with Crippen LogP contribution in [-0.2, 0) is 6.54 Å². The van der Waals surface area contributed by atoms with Gasteiger partial charge in [-0.15, -0.1) is 0 Å². The highest BCUT2D eigenvalue weighted by molar-refractivity contribution is 6.30. The van der Waals surface area contributed by atoms with Crippen molar-refractivity contribution in [1.29, 1.82) is 0 Å². The third-order valence-corrected chi connectivity index (χ3v) is 5.06. The maximum absolute atomic E-state index is 6.00. The van der Waals surface area contributed by atoms with Gasteiger partial charge in [0, 0.05) is 34.7 Å². The maximum Gasteiger partial charge on any atom is 0.0456 e. The average Bonchev–Trinajstić information content (AvgIpc) is 2.82. The highest BCUT2D eigenvalue weighted by Gasteiger charge is 2.15. The Hall–Kier alpha value is -1.25. The van der Waals surface area contributed by atoms with Crippen molar-refractivity contribution >= 4 is 11.6 Å². The van der Waals surface area contributed by atoms with Crippen molar-refractivity contribution in [3.05, 3.63) is 52.3 Å². The molecule has 0 amide bonds. The van der Waals surface area contributed by atoms with Crippen molar-refractivity contribution in [2.24, 2.45) is 0 Å². The normalized spacial score (nSPS) is 16.1. The molecule has 3 heteroatoms. The van der Waals surface area contributed by atoms with Crippen LogP contribution in [0, 0.1) is 13.8 Å². The quantitative estimate of drug-likeness (QED) is 0.823. The smallest absolute Gasteiger partial charge is 0.0456 e. The molecule has 0 aliphatic heterocycles. The van der Waals surface area contributed by atoms with Gasteiger partial charge in [0.1, 0.15) is 0 Å². The van der Waals surface area contributed by atoms with Gasteiger partial charge in [0.25, 0.3) is 0 Å². The number of hydrogen-bond donors (Lipinski definition) is 1. The second kappa shape index (κ2) is 6.89. The molecule has 0 radical (unpaired) electrons. The van der Waals surface area contributed by atoms with Crippen molar-refractivity contribution in [3.8, 4) is 5.69 Å². The largest absolute Gasteiger partial charge is 0.318 e. The van der Waals surface area contributed by atoms with E-state index >= 15 is 0 Å². The molecule has 0 saturated heterocycles. The number of aryl methyl sites for hydroxylation is 1. The number of halogens is 1. The zero-order valence-electron chi connectivity index (χ0n) is 13.5. The van der Waals surface area contributed by atoms with E-state index in [1.165, 1.54) is 54.7 Å². The van der Waals surface area contributed by atoms with Crippen molar-refractivity contribution in [1.82, 2.24) is 9.88 Å². The molecule has 2 aromatic rings. The molecule has 1 aromatic carbocycles. The van der Waals surface area contributed by atoms with Crippen molar-refractivity contribution < 1.29 is 0 Å². The van der Waals surface area contributed by atoms with Crippen molar-refractivity contribution in [3.63, 3.8) is 0 Å². The van der Waals surface area contributed by atoms with Gasteiger partial charge in [-0.25, -0.2) is 0 Å². The monoisotopic (exact) mass is 316 g/mol. The molecule has 118 valence electrons. The lowest BCUT2D eigenvalue weighted by Gasteiger charge is -2.22. The minimum atomic E-state index is 0.701. The van der Waals surface area contributed by atoms with Gasteiger partial charge in [-0.3, -0.25) is 0 Å². The Morgan fingerprint density at radius 1 is 1.09 bits per heavy atom. The highest BCUT2D eigenvalue weighted by Crippen LogP contribution is 2.23. The van der Waals surface area contributed by atoms with E-state index in [0.29, 0.717) is 6.04 Å². The lowest BCUT2D eigenvalue weighted by molar-refractivity contribution is 0.372. The summed E-state index contributed by atoms with van der Waals surface area (Å²) in [5.74, 6) is 0. The summed E-state index contributed by atoms with van der Waals surface area (Å²) in [6.07, 6.45) is 6.82. The number of nitrogens with zero attached hydrogens (tertiary/aromatic N) is 1. The molecule has 0 bridgehead atoms. The molecule has 22 heavy (non-hydrogen) atoms. The van der Waals surface area contributed by atoms with Crippen LogP contribution in [-0.4, -0.2) is 10.6 Å². The molecule has 1 aliphatic carbocycles. The average molecular weight is 317 g/mol. The van der Waals surface area contributed by atoms with Crippen LogP contribution in [0.3, 0.4) is 0 Å². The minimum absolute atomic E-state index is 0.701. The first-order valence-electron chi connectivity index (χ1n) is 8.32. The number of benzene rings is 1. The van der Waals surface area contributed by atoms with Crippen LogP contribution >= 0.6 is 11.6 Å². The molecule has 1 heterocycles. The van der Waals surface area contributed by atoms with Crippen LogP contribution in [0.25, 0.3) is 5.69 Å². The van der Waals surface area contributed by atoms with E-state index in [0.717, 1.165) is 11.6 Å². The summed E-state index contributed by atoms with van der Waals surface area (Å²) >= 11 is 6.00. The van der Waals surface area contributed by atoms with Crippen molar-refractivity contribution in [2.75, 3.05) is 0 Å². The first-order valence-corrected chi connectivity index (χ1v) is 8.70. The molecule has 2 nitrogen and oxygen atoms in total. The number of rotatable bonds is 4. The zero-order chi connectivity index (χ0) is 15.5. The molecule has 1 fully saturated rings. The van der Waals surface area contributed by atoms with Gasteiger partial charge in [0.2, 0.25) is 0 Å². The van der Waals surface area contributed by atoms with Crippen LogP contribution in [0.2, 0.25) is 5.02 Å². The Morgan fingerprint density at radius 2 is 1.77 bits per heavy atom. The zero-order valence-corrected chi connectivity index (χ0v) is 14.3. The molecule has 1 saturated carbocycles. The Bertz CT molecular complexity index is 622. The van der Waals surface area contributed by atoms with Crippen molar-refractivity contribution in [2.45, 2.75) is 58.5 Å². The van der Waals surface area contributed by atoms with E-state index in [1.807, 2.05) is 12.1 Å². The van der Waals surface area contributed by atoms with E-state index in [1.54, 1.807) is 0 Å². The van der Waals surface area contributed by atoms with Crippen LogP contribution in [0.1, 0.15) is 49.1 Å². The fourth-order valence-electron chi connectivity index (χ4n) is 3.56. The summed E-state index contributed by atoms with van der Waals surface area (Å²) < 4.78 is 2.31. The van der Waals surface area contributed by atoms with E-state index in [-0.39, 0.29) is 0 Å². The summed E-state index contributed by atoms with van der Waals surface area (Å²) in [6, 6.07) is 11.1. The Kier molecular flexibility index (Phi) is 4.90. The summed E-state index contributed by atoms with van der Waals surface area (Å²) in [5, 5.41) is 4.53. The van der Waals surface area contributed by atoms with Crippen LogP contribution < -0.4 is 5.32 Å². The van der Waals surface area contributed by atoms with Gasteiger partial charge >= 0.3 is 0 Å². The van der Waals surface area contributed by atoms with Gasteiger partial charge in [-0.05, 0) is 62.6 Å². The van der Waals surface area contributed by atoms with Gasteiger partial charge in [-0.1, -0.05) is 30.9 Å². The summed E-state index contributed by atoms with van der Waals surface area (Å²) in [5.41, 5.74) is 5.18. The van der Waals surface area contributed by atoms with E-state index in [4.69, 9.17) is 11.6 Å². The molecule has 0 unspecified atom stereocenters. The Labute approximate surface area is 138 Å². The Balaban J connectivity index is 1.76. The van der Waals surface area contributed by atoms with Crippen LogP contribution in [0.4, 0.5) is 0 Å². The molecular weight excluding hydrogens is 292 g/mol. The Morgan fingerprint density at radius 3 is 2.45 bits per heavy atom. The predicted molar refractivity (Wildman–Crippen MR) is 94.0 cm³/mol. The van der Waals surface area contributed by atoms with E-state index < -0.39 is 0 Å². The summed E-state index contributed by atoms with van der Waals surface area (Å²) in [7, 11) is 0. The molecule has 0 atom stereocenters.